The molecule has 1 heterocycles. The summed E-state index contributed by atoms with van der Waals surface area (Å²) in [7, 11) is 1.74. The number of aryl methyl sites for hydroxylation is 1. The molecule has 1 N–H and O–H groups in total. The van der Waals surface area contributed by atoms with Gasteiger partial charge in [-0.05, 0) is 20.3 Å². The van der Waals surface area contributed by atoms with Gasteiger partial charge in [-0.15, -0.1) is 11.3 Å². The van der Waals surface area contributed by atoms with Crippen LogP contribution in [0.5, 0.6) is 0 Å². The lowest BCUT2D eigenvalue weighted by molar-refractivity contribution is 0.159. The molecule has 0 spiro atoms. The quantitative estimate of drug-likeness (QED) is 0.812. The Morgan fingerprint density at radius 2 is 2.33 bits per heavy atom. The van der Waals surface area contributed by atoms with Gasteiger partial charge in [0.25, 0.3) is 0 Å². The van der Waals surface area contributed by atoms with Crippen LogP contribution in [0.1, 0.15) is 36.2 Å². The van der Waals surface area contributed by atoms with Crippen LogP contribution in [0.4, 0.5) is 0 Å². The lowest BCUT2D eigenvalue weighted by atomic mass is 10.2. The summed E-state index contributed by atoms with van der Waals surface area (Å²) >= 11 is 1.75. The van der Waals surface area contributed by atoms with E-state index in [-0.39, 0.29) is 0 Å². The average Bonchev–Trinajstić information content (AvgIpc) is 2.64. The van der Waals surface area contributed by atoms with Gasteiger partial charge < -0.3 is 10.1 Å². The maximum Gasteiger partial charge on any atom is 0.0897 e. The van der Waals surface area contributed by atoms with Crippen molar-refractivity contribution in [3.8, 4) is 0 Å². The first kappa shape index (κ1) is 12.6. The average molecular weight is 228 g/mol. The minimum Gasteiger partial charge on any atom is -0.383 e. The molecule has 2 unspecified atom stereocenters. The van der Waals surface area contributed by atoms with E-state index in [9.17, 15) is 0 Å². The van der Waals surface area contributed by atoms with Crippen LogP contribution in [-0.2, 0) is 4.74 Å². The summed E-state index contributed by atoms with van der Waals surface area (Å²) in [4.78, 5) is 5.56. The molecule has 2 atom stereocenters. The Hall–Kier alpha value is -0.450. The smallest absolute Gasteiger partial charge is 0.0897 e. The largest absolute Gasteiger partial charge is 0.383 e. The zero-order valence-corrected chi connectivity index (χ0v) is 10.7. The van der Waals surface area contributed by atoms with Gasteiger partial charge in [-0.3, -0.25) is 0 Å². The molecule has 0 aliphatic carbocycles. The van der Waals surface area contributed by atoms with Crippen LogP contribution in [0.15, 0.2) is 6.20 Å². The number of hydrogen-bond donors (Lipinski definition) is 1. The second-order valence-electron chi connectivity index (χ2n) is 3.73. The second kappa shape index (κ2) is 6.20. The van der Waals surface area contributed by atoms with Crippen LogP contribution in [0, 0.1) is 6.92 Å². The van der Waals surface area contributed by atoms with Crippen molar-refractivity contribution in [2.24, 2.45) is 0 Å². The van der Waals surface area contributed by atoms with Crippen LogP contribution in [-0.4, -0.2) is 24.7 Å². The standard InChI is InChI=1S/C11H20N2OS/c1-5-10(7-14-4)13-8(2)11-6-12-9(3)15-11/h6,8,10,13H,5,7H2,1-4H3. The molecular formula is C11H20N2OS. The molecule has 0 saturated carbocycles. The summed E-state index contributed by atoms with van der Waals surface area (Å²) in [6, 6.07) is 0.781. The first-order chi connectivity index (χ1) is 7.17. The van der Waals surface area contributed by atoms with Crippen molar-refractivity contribution in [1.82, 2.24) is 10.3 Å². The van der Waals surface area contributed by atoms with E-state index in [0.29, 0.717) is 12.1 Å². The molecule has 0 fully saturated rings. The van der Waals surface area contributed by atoms with E-state index in [1.54, 1.807) is 18.4 Å². The molecular weight excluding hydrogens is 208 g/mol. The van der Waals surface area contributed by atoms with Gasteiger partial charge >= 0.3 is 0 Å². The van der Waals surface area contributed by atoms with E-state index in [0.717, 1.165) is 18.0 Å². The molecule has 0 aliphatic heterocycles. The highest BCUT2D eigenvalue weighted by Crippen LogP contribution is 2.20. The molecule has 0 amide bonds. The maximum atomic E-state index is 5.16. The monoisotopic (exact) mass is 228 g/mol. The van der Waals surface area contributed by atoms with Gasteiger partial charge in [-0.2, -0.15) is 0 Å². The molecule has 0 bridgehead atoms. The number of aromatic nitrogens is 1. The van der Waals surface area contributed by atoms with Gasteiger partial charge in [0, 0.05) is 30.3 Å². The Labute approximate surface area is 95.9 Å². The Bertz CT molecular complexity index is 288. The summed E-state index contributed by atoms with van der Waals surface area (Å²) in [5.74, 6) is 0. The summed E-state index contributed by atoms with van der Waals surface area (Å²) in [5, 5.41) is 4.67. The van der Waals surface area contributed by atoms with Crippen molar-refractivity contribution in [3.05, 3.63) is 16.1 Å². The Morgan fingerprint density at radius 1 is 1.60 bits per heavy atom. The lowest BCUT2D eigenvalue weighted by Crippen LogP contribution is -2.34. The van der Waals surface area contributed by atoms with E-state index in [2.05, 4.69) is 24.1 Å². The predicted octanol–water partition coefficient (Wildman–Crippen LogP) is 2.53. The third-order valence-corrected chi connectivity index (χ3v) is 3.51. The van der Waals surface area contributed by atoms with E-state index in [4.69, 9.17) is 4.74 Å². The van der Waals surface area contributed by atoms with Crippen LogP contribution in [0.25, 0.3) is 0 Å². The van der Waals surface area contributed by atoms with E-state index >= 15 is 0 Å². The Balaban J connectivity index is 2.50. The number of hydrogen-bond acceptors (Lipinski definition) is 4. The number of thiazole rings is 1. The van der Waals surface area contributed by atoms with Crippen molar-refractivity contribution in [2.45, 2.75) is 39.3 Å². The first-order valence-corrected chi connectivity index (χ1v) is 6.16. The second-order valence-corrected chi connectivity index (χ2v) is 5.00. The summed E-state index contributed by atoms with van der Waals surface area (Å²) in [5.41, 5.74) is 0. The fourth-order valence-corrected chi connectivity index (χ4v) is 2.30. The van der Waals surface area contributed by atoms with E-state index in [1.807, 2.05) is 13.1 Å². The molecule has 0 saturated heterocycles. The number of ether oxygens (including phenoxy) is 1. The normalized spacial score (nSPS) is 15.2. The summed E-state index contributed by atoms with van der Waals surface area (Å²) in [6.45, 7) is 7.14. The molecule has 15 heavy (non-hydrogen) atoms. The Kier molecular flexibility index (Phi) is 5.22. The highest BCUT2D eigenvalue weighted by Gasteiger charge is 2.13. The highest BCUT2D eigenvalue weighted by molar-refractivity contribution is 7.11. The minimum absolute atomic E-state index is 0.358. The predicted molar refractivity (Wildman–Crippen MR) is 64.4 cm³/mol. The SMILES string of the molecule is CCC(COC)NC(C)c1cnc(C)s1. The molecule has 86 valence electrons. The van der Waals surface area contributed by atoms with Crippen molar-refractivity contribution in [2.75, 3.05) is 13.7 Å². The molecule has 1 aromatic heterocycles. The maximum absolute atomic E-state index is 5.16. The van der Waals surface area contributed by atoms with Gasteiger partial charge in [0.2, 0.25) is 0 Å². The third-order valence-electron chi connectivity index (χ3n) is 2.41. The molecule has 1 rings (SSSR count). The third kappa shape index (κ3) is 3.89. The van der Waals surface area contributed by atoms with Crippen molar-refractivity contribution in [3.63, 3.8) is 0 Å². The molecule has 3 nitrogen and oxygen atoms in total. The number of nitrogens with one attached hydrogen (secondary N) is 1. The zero-order valence-electron chi connectivity index (χ0n) is 9.91. The van der Waals surface area contributed by atoms with Crippen LogP contribution < -0.4 is 5.32 Å². The fourth-order valence-electron chi connectivity index (χ4n) is 1.50. The van der Waals surface area contributed by atoms with Crippen molar-refractivity contribution < 1.29 is 4.74 Å². The first-order valence-electron chi connectivity index (χ1n) is 5.34. The van der Waals surface area contributed by atoms with Crippen molar-refractivity contribution in [1.29, 1.82) is 0 Å². The highest BCUT2D eigenvalue weighted by atomic mass is 32.1. The van der Waals surface area contributed by atoms with Gasteiger partial charge in [-0.25, -0.2) is 4.98 Å². The Morgan fingerprint density at radius 3 is 2.80 bits per heavy atom. The van der Waals surface area contributed by atoms with Crippen LogP contribution in [0.2, 0.25) is 0 Å². The van der Waals surface area contributed by atoms with E-state index in [1.165, 1.54) is 4.88 Å². The van der Waals surface area contributed by atoms with Gasteiger partial charge in [0.1, 0.15) is 0 Å². The van der Waals surface area contributed by atoms with Gasteiger partial charge in [0.05, 0.1) is 11.6 Å². The molecule has 0 aromatic carbocycles. The minimum atomic E-state index is 0.358. The molecule has 0 radical (unpaired) electrons. The zero-order chi connectivity index (χ0) is 11.3. The number of rotatable bonds is 6. The summed E-state index contributed by atoms with van der Waals surface area (Å²) < 4.78 is 5.16. The van der Waals surface area contributed by atoms with Crippen LogP contribution in [0.3, 0.4) is 0 Å². The van der Waals surface area contributed by atoms with Gasteiger partial charge in [-0.1, -0.05) is 6.92 Å². The molecule has 4 heteroatoms. The van der Waals surface area contributed by atoms with Gasteiger partial charge in [0.15, 0.2) is 0 Å². The lowest BCUT2D eigenvalue weighted by Gasteiger charge is -2.20. The molecule has 1 aromatic rings. The van der Waals surface area contributed by atoms with Crippen LogP contribution >= 0.6 is 11.3 Å². The summed E-state index contributed by atoms with van der Waals surface area (Å²) in [6.07, 6.45) is 3.03. The van der Waals surface area contributed by atoms with Crippen molar-refractivity contribution >= 4 is 11.3 Å². The van der Waals surface area contributed by atoms with E-state index < -0.39 is 0 Å². The number of methoxy groups -OCH3 is 1. The molecule has 0 aliphatic rings. The topological polar surface area (TPSA) is 34.1 Å². The fraction of sp³-hybridized carbons (Fsp3) is 0.727. The number of nitrogens with zero attached hydrogens (tertiary/aromatic N) is 1.